The molecular formula is C11H14O3S. The third-order valence-corrected chi connectivity index (χ3v) is 2.45. The summed E-state index contributed by atoms with van der Waals surface area (Å²) in [6, 6.07) is 7.30. The molecule has 0 unspecified atom stereocenters. The van der Waals surface area contributed by atoms with Crippen molar-refractivity contribution in [2.75, 3.05) is 19.5 Å². The number of thioether (sulfide) groups is 1. The first-order chi connectivity index (χ1) is 7.27. The molecule has 4 heteroatoms. The molecule has 0 bridgehead atoms. The molecule has 82 valence electrons. The minimum absolute atomic E-state index is 0.0470. The SMILES string of the molecule is CSCc1ccc(C(=O)OCCO)cc1. The molecule has 0 aliphatic rings. The molecule has 1 aromatic rings. The van der Waals surface area contributed by atoms with Crippen LogP contribution in [0.2, 0.25) is 0 Å². The highest BCUT2D eigenvalue weighted by atomic mass is 32.2. The second-order valence-corrected chi connectivity index (χ2v) is 3.86. The average Bonchev–Trinajstić information content (AvgIpc) is 2.27. The van der Waals surface area contributed by atoms with E-state index in [1.54, 1.807) is 23.9 Å². The first kappa shape index (κ1) is 12.1. The molecule has 15 heavy (non-hydrogen) atoms. The van der Waals surface area contributed by atoms with Crippen molar-refractivity contribution in [1.82, 2.24) is 0 Å². The number of aliphatic hydroxyl groups is 1. The van der Waals surface area contributed by atoms with Crippen LogP contribution in [0.1, 0.15) is 15.9 Å². The Morgan fingerprint density at radius 1 is 1.40 bits per heavy atom. The quantitative estimate of drug-likeness (QED) is 0.776. The van der Waals surface area contributed by atoms with Gasteiger partial charge in [0.25, 0.3) is 0 Å². The van der Waals surface area contributed by atoms with Crippen molar-refractivity contribution in [1.29, 1.82) is 0 Å². The standard InChI is InChI=1S/C11H14O3S/c1-15-8-9-2-4-10(5-3-9)11(13)14-7-6-12/h2-5,12H,6-8H2,1H3. The smallest absolute Gasteiger partial charge is 0.338 e. The van der Waals surface area contributed by atoms with E-state index in [9.17, 15) is 4.79 Å². The zero-order chi connectivity index (χ0) is 11.1. The van der Waals surface area contributed by atoms with Gasteiger partial charge in [0.15, 0.2) is 0 Å². The van der Waals surface area contributed by atoms with Gasteiger partial charge < -0.3 is 9.84 Å². The Morgan fingerprint density at radius 3 is 2.60 bits per heavy atom. The number of rotatable bonds is 5. The average molecular weight is 226 g/mol. The minimum atomic E-state index is -0.389. The lowest BCUT2D eigenvalue weighted by atomic mass is 10.1. The van der Waals surface area contributed by atoms with Gasteiger partial charge in [0.05, 0.1) is 12.2 Å². The van der Waals surface area contributed by atoms with Gasteiger partial charge in [-0.25, -0.2) is 4.79 Å². The maximum absolute atomic E-state index is 11.3. The lowest BCUT2D eigenvalue weighted by Gasteiger charge is -2.03. The highest BCUT2D eigenvalue weighted by Crippen LogP contribution is 2.11. The number of esters is 1. The van der Waals surface area contributed by atoms with Gasteiger partial charge in [0.2, 0.25) is 0 Å². The molecule has 3 nitrogen and oxygen atoms in total. The summed E-state index contributed by atoms with van der Waals surface area (Å²) in [5, 5.41) is 8.50. The van der Waals surface area contributed by atoms with E-state index < -0.39 is 0 Å². The van der Waals surface area contributed by atoms with Crippen LogP contribution < -0.4 is 0 Å². The van der Waals surface area contributed by atoms with E-state index in [4.69, 9.17) is 9.84 Å². The van der Waals surface area contributed by atoms with Gasteiger partial charge in [-0.3, -0.25) is 0 Å². The predicted molar refractivity (Wildman–Crippen MR) is 61.0 cm³/mol. The Labute approximate surface area is 93.4 Å². The third-order valence-electron chi connectivity index (χ3n) is 1.83. The topological polar surface area (TPSA) is 46.5 Å². The molecule has 0 atom stereocenters. The van der Waals surface area contributed by atoms with Crippen LogP contribution in [0.15, 0.2) is 24.3 Å². The molecule has 1 rings (SSSR count). The van der Waals surface area contributed by atoms with Crippen LogP contribution in [0.4, 0.5) is 0 Å². The Kier molecular flexibility index (Phi) is 5.21. The summed E-state index contributed by atoms with van der Waals surface area (Å²) >= 11 is 1.73. The second kappa shape index (κ2) is 6.48. The second-order valence-electron chi connectivity index (χ2n) is 2.99. The van der Waals surface area contributed by atoms with Gasteiger partial charge >= 0.3 is 5.97 Å². The number of ether oxygens (including phenoxy) is 1. The zero-order valence-electron chi connectivity index (χ0n) is 8.60. The van der Waals surface area contributed by atoms with Crippen LogP contribution in [0, 0.1) is 0 Å². The van der Waals surface area contributed by atoms with Gasteiger partial charge in [0, 0.05) is 5.75 Å². The van der Waals surface area contributed by atoms with Crippen molar-refractivity contribution in [3.63, 3.8) is 0 Å². The molecule has 0 spiro atoms. The molecule has 0 aromatic heterocycles. The Bertz CT molecular complexity index is 308. The summed E-state index contributed by atoms with van der Waals surface area (Å²) in [7, 11) is 0. The lowest BCUT2D eigenvalue weighted by Crippen LogP contribution is -2.08. The molecule has 0 amide bonds. The van der Waals surface area contributed by atoms with E-state index in [1.807, 2.05) is 18.4 Å². The summed E-state index contributed by atoms with van der Waals surface area (Å²) in [5.74, 6) is 0.547. The number of hydrogen-bond acceptors (Lipinski definition) is 4. The maximum Gasteiger partial charge on any atom is 0.338 e. The molecule has 0 aliphatic carbocycles. The van der Waals surface area contributed by atoms with Crippen LogP contribution in [0.5, 0.6) is 0 Å². The molecule has 0 aliphatic heterocycles. The Morgan fingerprint density at radius 2 is 2.07 bits per heavy atom. The van der Waals surface area contributed by atoms with Crippen LogP contribution >= 0.6 is 11.8 Å². The van der Waals surface area contributed by atoms with Crippen molar-refractivity contribution in [3.05, 3.63) is 35.4 Å². The fourth-order valence-electron chi connectivity index (χ4n) is 1.13. The predicted octanol–water partition coefficient (Wildman–Crippen LogP) is 1.70. The molecule has 0 saturated carbocycles. The number of hydrogen-bond donors (Lipinski definition) is 1. The van der Waals surface area contributed by atoms with Crippen LogP contribution in [0.25, 0.3) is 0 Å². The van der Waals surface area contributed by atoms with E-state index in [0.29, 0.717) is 5.56 Å². The fraction of sp³-hybridized carbons (Fsp3) is 0.364. The molecule has 1 N–H and O–H groups in total. The summed E-state index contributed by atoms with van der Waals surface area (Å²) in [6.07, 6.45) is 2.03. The van der Waals surface area contributed by atoms with E-state index in [0.717, 1.165) is 5.75 Å². The van der Waals surface area contributed by atoms with E-state index in [-0.39, 0.29) is 19.2 Å². The van der Waals surface area contributed by atoms with Gasteiger partial charge in [-0.15, -0.1) is 0 Å². The van der Waals surface area contributed by atoms with Crippen molar-refractivity contribution >= 4 is 17.7 Å². The minimum Gasteiger partial charge on any atom is -0.460 e. The number of carbonyl (C=O) groups excluding carboxylic acids is 1. The molecule has 0 radical (unpaired) electrons. The van der Waals surface area contributed by atoms with Gasteiger partial charge in [-0.05, 0) is 24.0 Å². The van der Waals surface area contributed by atoms with Crippen LogP contribution in [-0.4, -0.2) is 30.5 Å². The van der Waals surface area contributed by atoms with Gasteiger partial charge in [-0.2, -0.15) is 11.8 Å². The zero-order valence-corrected chi connectivity index (χ0v) is 9.42. The first-order valence-electron chi connectivity index (χ1n) is 4.63. The van der Waals surface area contributed by atoms with E-state index in [2.05, 4.69) is 0 Å². The monoisotopic (exact) mass is 226 g/mol. The normalized spacial score (nSPS) is 10.0. The van der Waals surface area contributed by atoms with Crippen molar-refractivity contribution in [2.24, 2.45) is 0 Å². The third kappa shape index (κ3) is 3.93. The summed E-state index contributed by atoms with van der Waals surface area (Å²) < 4.78 is 4.78. The highest BCUT2D eigenvalue weighted by molar-refractivity contribution is 7.97. The molecule has 1 aromatic carbocycles. The largest absolute Gasteiger partial charge is 0.460 e. The molecule has 0 saturated heterocycles. The molecular weight excluding hydrogens is 212 g/mol. The fourth-order valence-corrected chi connectivity index (χ4v) is 1.65. The lowest BCUT2D eigenvalue weighted by molar-refractivity contribution is 0.0434. The van der Waals surface area contributed by atoms with Crippen molar-refractivity contribution in [2.45, 2.75) is 5.75 Å². The van der Waals surface area contributed by atoms with Crippen molar-refractivity contribution < 1.29 is 14.6 Å². The van der Waals surface area contributed by atoms with Gasteiger partial charge in [0.1, 0.15) is 6.61 Å². The van der Waals surface area contributed by atoms with Gasteiger partial charge in [-0.1, -0.05) is 12.1 Å². The van der Waals surface area contributed by atoms with Crippen LogP contribution in [-0.2, 0) is 10.5 Å². The highest BCUT2D eigenvalue weighted by Gasteiger charge is 2.05. The van der Waals surface area contributed by atoms with E-state index in [1.165, 1.54) is 5.56 Å². The van der Waals surface area contributed by atoms with Crippen molar-refractivity contribution in [3.8, 4) is 0 Å². The number of aliphatic hydroxyl groups excluding tert-OH is 1. The molecule has 0 fully saturated rings. The van der Waals surface area contributed by atoms with Crippen LogP contribution in [0.3, 0.4) is 0 Å². The Hall–Kier alpha value is -1.00. The first-order valence-corrected chi connectivity index (χ1v) is 6.03. The van der Waals surface area contributed by atoms with E-state index >= 15 is 0 Å². The maximum atomic E-state index is 11.3. The number of benzene rings is 1. The number of carbonyl (C=O) groups is 1. The summed E-state index contributed by atoms with van der Waals surface area (Å²) in [5.41, 5.74) is 1.70. The Balaban J connectivity index is 2.58. The molecule has 0 heterocycles. The summed E-state index contributed by atoms with van der Waals surface area (Å²) in [4.78, 5) is 11.3. The summed E-state index contributed by atoms with van der Waals surface area (Å²) in [6.45, 7) is -0.0955.